The first-order valence-corrected chi connectivity index (χ1v) is 6.73. The van der Waals surface area contributed by atoms with Crippen molar-refractivity contribution in [3.05, 3.63) is 0 Å². The summed E-state index contributed by atoms with van der Waals surface area (Å²) in [6, 6.07) is 0. The van der Waals surface area contributed by atoms with Gasteiger partial charge < -0.3 is 20.1 Å². The highest BCUT2D eigenvalue weighted by molar-refractivity contribution is 5.87. The van der Waals surface area contributed by atoms with E-state index in [9.17, 15) is 24.9 Å². The molecule has 0 heterocycles. The average molecular weight is 272 g/mol. The van der Waals surface area contributed by atoms with Crippen molar-refractivity contribution in [1.29, 1.82) is 0 Å². The first-order chi connectivity index (χ1) is 8.63. The Morgan fingerprint density at radius 3 is 2.21 bits per heavy atom. The van der Waals surface area contributed by atoms with Crippen LogP contribution in [-0.2, 0) is 9.59 Å². The van der Waals surface area contributed by atoms with Gasteiger partial charge in [0.1, 0.15) is 11.9 Å². The second kappa shape index (κ2) is 5.69. The van der Waals surface area contributed by atoms with Crippen molar-refractivity contribution >= 4 is 11.6 Å². The first-order valence-electron chi connectivity index (χ1n) is 6.73. The number of hydrogen-bond acceptors (Lipinski definition) is 5. The van der Waals surface area contributed by atoms with Crippen molar-refractivity contribution in [2.75, 3.05) is 0 Å². The monoisotopic (exact) mass is 272 g/mol. The minimum absolute atomic E-state index is 0.0644. The van der Waals surface area contributed by atoms with Gasteiger partial charge in [0, 0.05) is 18.3 Å². The van der Waals surface area contributed by atoms with E-state index < -0.39 is 23.2 Å². The van der Waals surface area contributed by atoms with Crippen molar-refractivity contribution in [2.24, 2.45) is 5.41 Å². The topological polar surface area (TPSA) is 94.8 Å². The SMILES string of the molecule is CC(=O)CCC(=O)C(O)CCCC1(O)C(O)C1(C)C. The lowest BCUT2D eigenvalue weighted by atomic mass is 9.98. The molecule has 5 heteroatoms. The van der Waals surface area contributed by atoms with Crippen LogP contribution in [0.25, 0.3) is 0 Å². The van der Waals surface area contributed by atoms with E-state index in [0.717, 1.165) is 0 Å². The van der Waals surface area contributed by atoms with Crippen LogP contribution in [0.3, 0.4) is 0 Å². The van der Waals surface area contributed by atoms with Gasteiger partial charge in [0.15, 0.2) is 5.78 Å². The predicted molar refractivity (Wildman–Crippen MR) is 69.5 cm³/mol. The zero-order valence-corrected chi connectivity index (χ0v) is 11.8. The third-order valence-corrected chi connectivity index (χ3v) is 4.30. The minimum atomic E-state index is -1.10. The molecule has 0 bridgehead atoms. The van der Waals surface area contributed by atoms with Crippen LogP contribution in [-0.4, -0.2) is 44.7 Å². The maximum Gasteiger partial charge on any atom is 0.161 e. The molecule has 5 nitrogen and oxygen atoms in total. The molecule has 0 saturated heterocycles. The number of carbonyl (C=O) groups is 2. The van der Waals surface area contributed by atoms with E-state index in [-0.39, 0.29) is 30.8 Å². The Labute approximate surface area is 113 Å². The van der Waals surface area contributed by atoms with E-state index >= 15 is 0 Å². The summed E-state index contributed by atoms with van der Waals surface area (Å²) >= 11 is 0. The first kappa shape index (κ1) is 16.3. The van der Waals surface area contributed by atoms with Gasteiger partial charge in [-0.2, -0.15) is 0 Å². The quantitative estimate of drug-likeness (QED) is 0.601. The fourth-order valence-corrected chi connectivity index (χ4v) is 2.45. The number of carbonyl (C=O) groups excluding carboxylic acids is 2. The van der Waals surface area contributed by atoms with E-state index in [1.807, 2.05) is 0 Å². The van der Waals surface area contributed by atoms with Crippen LogP contribution in [0.4, 0.5) is 0 Å². The normalized spacial score (nSPS) is 29.9. The number of aliphatic hydroxyl groups excluding tert-OH is 2. The molecule has 0 aromatic heterocycles. The summed E-state index contributed by atoms with van der Waals surface area (Å²) in [5, 5.41) is 29.3. The minimum Gasteiger partial charge on any atom is -0.389 e. The van der Waals surface area contributed by atoms with Crippen molar-refractivity contribution in [3.63, 3.8) is 0 Å². The van der Waals surface area contributed by atoms with Crippen molar-refractivity contribution in [3.8, 4) is 0 Å². The molecular formula is C14H24O5. The molecule has 0 spiro atoms. The van der Waals surface area contributed by atoms with Crippen LogP contribution in [0.15, 0.2) is 0 Å². The maximum atomic E-state index is 11.5. The lowest BCUT2D eigenvalue weighted by molar-refractivity contribution is -0.129. The Hall–Kier alpha value is -0.780. The molecule has 1 fully saturated rings. The van der Waals surface area contributed by atoms with E-state index in [2.05, 4.69) is 0 Å². The molecule has 0 aliphatic heterocycles. The molecule has 19 heavy (non-hydrogen) atoms. The van der Waals surface area contributed by atoms with Gasteiger partial charge in [-0.15, -0.1) is 0 Å². The van der Waals surface area contributed by atoms with Gasteiger partial charge in [0.2, 0.25) is 0 Å². The Kier molecular flexibility index (Phi) is 4.87. The molecule has 110 valence electrons. The molecule has 1 aliphatic carbocycles. The van der Waals surface area contributed by atoms with Crippen molar-refractivity contribution < 1.29 is 24.9 Å². The smallest absolute Gasteiger partial charge is 0.161 e. The van der Waals surface area contributed by atoms with E-state index in [1.54, 1.807) is 13.8 Å². The molecule has 0 radical (unpaired) electrons. The molecule has 3 N–H and O–H groups in total. The average Bonchev–Trinajstić information content (AvgIpc) is 2.70. The largest absolute Gasteiger partial charge is 0.389 e. The van der Waals surface area contributed by atoms with Crippen LogP contribution in [0.5, 0.6) is 0 Å². The Balaban J connectivity index is 2.26. The second-order valence-corrected chi connectivity index (χ2v) is 6.12. The predicted octanol–water partition coefficient (Wildman–Crippen LogP) is 0.588. The molecule has 3 atom stereocenters. The summed E-state index contributed by atoms with van der Waals surface area (Å²) in [5.41, 5.74) is -1.62. The van der Waals surface area contributed by atoms with Crippen molar-refractivity contribution in [1.82, 2.24) is 0 Å². The highest BCUT2D eigenvalue weighted by Crippen LogP contribution is 2.58. The van der Waals surface area contributed by atoms with Crippen LogP contribution >= 0.6 is 0 Å². The summed E-state index contributed by atoms with van der Waals surface area (Å²) in [5.74, 6) is -0.407. The summed E-state index contributed by atoms with van der Waals surface area (Å²) in [7, 11) is 0. The number of hydrogen-bond donors (Lipinski definition) is 3. The van der Waals surface area contributed by atoms with Gasteiger partial charge in [-0.25, -0.2) is 0 Å². The van der Waals surface area contributed by atoms with E-state index in [1.165, 1.54) is 6.92 Å². The van der Waals surface area contributed by atoms with Crippen molar-refractivity contribution in [2.45, 2.75) is 70.7 Å². The van der Waals surface area contributed by atoms with Gasteiger partial charge in [-0.1, -0.05) is 13.8 Å². The molecule has 3 unspecified atom stereocenters. The summed E-state index contributed by atoms with van der Waals surface area (Å²) in [4.78, 5) is 22.2. The second-order valence-electron chi connectivity index (χ2n) is 6.12. The van der Waals surface area contributed by atoms with Gasteiger partial charge in [-0.05, 0) is 26.2 Å². The van der Waals surface area contributed by atoms with Crippen LogP contribution in [0.1, 0.15) is 52.9 Å². The Morgan fingerprint density at radius 1 is 1.26 bits per heavy atom. The van der Waals surface area contributed by atoms with E-state index in [0.29, 0.717) is 12.8 Å². The zero-order chi connectivity index (χ0) is 14.8. The Bertz CT molecular complexity index is 363. The third kappa shape index (κ3) is 3.41. The summed E-state index contributed by atoms with van der Waals surface area (Å²) in [6.07, 6.45) is -0.530. The molecule has 0 amide bonds. The highest BCUT2D eigenvalue weighted by Gasteiger charge is 2.69. The van der Waals surface area contributed by atoms with Gasteiger partial charge in [0.25, 0.3) is 0 Å². The van der Waals surface area contributed by atoms with Gasteiger partial charge >= 0.3 is 0 Å². The lowest BCUT2D eigenvalue weighted by Gasteiger charge is -2.14. The Morgan fingerprint density at radius 2 is 1.79 bits per heavy atom. The zero-order valence-electron chi connectivity index (χ0n) is 11.8. The van der Waals surface area contributed by atoms with Crippen LogP contribution < -0.4 is 0 Å². The molecule has 0 aromatic rings. The number of Topliss-reactive ketones (excluding diaryl/α,β-unsaturated/α-hetero) is 2. The highest BCUT2D eigenvalue weighted by atomic mass is 16.4. The van der Waals surface area contributed by atoms with E-state index in [4.69, 9.17) is 0 Å². The number of ketones is 2. The van der Waals surface area contributed by atoms with Gasteiger partial charge in [0.05, 0.1) is 11.7 Å². The lowest BCUT2D eigenvalue weighted by Crippen LogP contribution is -2.23. The summed E-state index contributed by atoms with van der Waals surface area (Å²) in [6.45, 7) is 4.98. The van der Waals surface area contributed by atoms with Crippen LogP contribution in [0.2, 0.25) is 0 Å². The fourth-order valence-electron chi connectivity index (χ4n) is 2.45. The summed E-state index contributed by atoms with van der Waals surface area (Å²) < 4.78 is 0. The molecule has 0 aromatic carbocycles. The fraction of sp³-hybridized carbons (Fsp3) is 0.857. The maximum absolute atomic E-state index is 11.5. The number of rotatable bonds is 8. The van der Waals surface area contributed by atoms with Gasteiger partial charge in [-0.3, -0.25) is 4.79 Å². The molecule has 1 saturated carbocycles. The van der Waals surface area contributed by atoms with Crippen LogP contribution in [0, 0.1) is 5.41 Å². The standard InChI is InChI=1S/C14H24O5/c1-9(15)6-7-11(17)10(16)5-4-8-14(19)12(18)13(14,2)3/h10,12,16,18-19H,4-8H2,1-3H3. The molecular weight excluding hydrogens is 248 g/mol. The molecule has 1 aliphatic rings. The third-order valence-electron chi connectivity index (χ3n) is 4.30. The number of aliphatic hydroxyl groups is 3. The molecule has 1 rings (SSSR count).